The Kier molecular flexibility index (Phi) is 5.83. The predicted molar refractivity (Wildman–Crippen MR) is 79.8 cm³/mol. The van der Waals surface area contributed by atoms with Crippen LogP contribution in [0.3, 0.4) is 0 Å². The van der Waals surface area contributed by atoms with Crippen molar-refractivity contribution in [2.75, 3.05) is 26.7 Å². The zero-order valence-corrected chi connectivity index (χ0v) is 12.5. The average molecular weight is 297 g/mol. The van der Waals surface area contributed by atoms with Crippen LogP contribution in [0, 0.1) is 5.92 Å². The van der Waals surface area contributed by atoms with Crippen LogP contribution in [-0.2, 0) is 9.53 Å². The van der Waals surface area contributed by atoms with Crippen LogP contribution in [0.15, 0.2) is 24.3 Å². The molecule has 4 nitrogen and oxygen atoms in total. The van der Waals surface area contributed by atoms with Crippen molar-refractivity contribution in [3.63, 3.8) is 0 Å². The van der Waals surface area contributed by atoms with Crippen LogP contribution in [-0.4, -0.2) is 32.7 Å². The number of carbonyl (C=O) groups is 1. The summed E-state index contributed by atoms with van der Waals surface area (Å²) in [6.45, 7) is 2.03. The van der Waals surface area contributed by atoms with Gasteiger partial charge in [0.2, 0.25) is 5.91 Å². The van der Waals surface area contributed by atoms with Gasteiger partial charge in [-0.15, -0.1) is 0 Å². The first kappa shape index (κ1) is 15.3. The first-order valence-electron chi connectivity index (χ1n) is 6.99. The lowest BCUT2D eigenvalue weighted by molar-refractivity contribution is -0.128. The van der Waals surface area contributed by atoms with Gasteiger partial charge in [0.15, 0.2) is 0 Å². The Labute approximate surface area is 124 Å². The van der Waals surface area contributed by atoms with E-state index < -0.39 is 0 Å². The van der Waals surface area contributed by atoms with Crippen LogP contribution in [0.1, 0.15) is 24.5 Å². The lowest BCUT2D eigenvalue weighted by Crippen LogP contribution is -2.35. The van der Waals surface area contributed by atoms with Gasteiger partial charge in [0.1, 0.15) is 6.61 Å². The summed E-state index contributed by atoms with van der Waals surface area (Å²) in [7, 11) is 1.61. The molecule has 1 aromatic carbocycles. The van der Waals surface area contributed by atoms with E-state index in [1.165, 1.54) is 0 Å². The maximum absolute atomic E-state index is 11.4. The van der Waals surface area contributed by atoms with Crippen molar-refractivity contribution in [2.45, 2.75) is 18.9 Å². The number of rotatable bonds is 5. The molecule has 1 aliphatic rings. The third-order valence-corrected chi connectivity index (χ3v) is 3.85. The number of hydrogen-bond acceptors (Lipinski definition) is 3. The van der Waals surface area contributed by atoms with Crippen molar-refractivity contribution >= 4 is 17.5 Å². The predicted octanol–water partition coefficient (Wildman–Crippen LogP) is 2.14. The molecule has 5 heteroatoms. The van der Waals surface area contributed by atoms with Gasteiger partial charge in [0.05, 0.1) is 6.10 Å². The van der Waals surface area contributed by atoms with Gasteiger partial charge < -0.3 is 15.4 Å². The van der Waals surface area contributed by atoms with E-state index in [1.54, 1.807) is 7.05 Å². The van der Waals surface area contributed by atoms with E-state index in [9.17, 15) is 4.79 Å². The highest BCUT2D eigenvalue weighted by Gasteiger charge is 2.26. The van der Waals surface area contributed by atoms with Crippen molar-refractivity contribution in [3.05, 3.63) is 34.9 Å². The molecule has 0 radical (unpaired) electrons. The van der Waals surface area contributed by atoms with Crippen LogP contribution < -0.4 is 10.6 Å². The third-order valence-electron chi connectivity index (χ3n) is 3.61. The molecule has 1 saturated heterocycles. The lowest BCUT2D eigenvalue weighted by Gasteiger charge is -2.31. The molecule has 0 bridgehead atoms. The van der Waals surface area contributed by atoms with Crippen LogP contribution in [0.25, 0.3) is 0 Å². The van der Waals surface area contributed by atoms with Crippen LogP contribution in [0.2, 0.25) is 5.02 Å². The van der Waals surface area contributed by atoms with E-state index in [4.69, 9.17) is 16.3 Å². The summed E-state index contributed by atoms with van der Waals surface area (Å²) >= 11 is 6.07. The molecule has 1 aliphatic heterocycles. The van der Waals surface area contributed by atoms with Crippen molar-refractivity contribution in [1.29, 1.82) is 0 Å². The van der Waals surface area contributed by atoms with E-state index in [-0.39, 0.29) is 18.6 Å². The van der Waals surface area contributed by atoms with E-state index in [0.29, 0.717) is 10.9 Å². The Bertz CT molecular complexity index is 447. The molecular weight excluding hydrogens is 276 g/mol. The minimum absolute atomic E-state index is 0.0736. The Balaban J connectivity index is 2.12. The molecule has 1 amide bonds. The van der Waals surface area contributed by atoms with Gasteiger partial charge in [-0.3, -0.25) is 4.79 Å². The average Bonchev–Trinajstić information content (AvgIpc) is 2.48. The Morgan fingerprint density at radius 1 is 1.60 bits per heavy atom. The fourth-order valence-corrected chi connectivity index (χ4v) is 2.76. The molecule has 0 aromatic heterocycles. The van der Waals surface area contributed by atoms with Crippen LogP contribution in [0.4, 0.5) is 0 Å². The van der Waals surface area contributed by atoms with Gasteiger partial charge in [-0.2, -0.15) is 0 Å². The zero-order chi connectivity index (χ0) is 14.4. The third kappa shape index (κ3) is 4.20. The van der Waals surface area contributed by atoms with E-state index in [0.717, 1.165) is 31.5 Å². The summed E-state index contributed by atoms with van der Waals surface area (Å²) in [6, 6.07) is 7.70. The molecule has 0 aliphatic carbocycles. The van der Waals surface area contributed by atoms with Crippen molar-refractivity contribution < 1.29 is 9.53 Å². The fourth-order valence-electron chi connectivity index (χ4n) is 2.56. The van der Waals surface area contributed by atoms with Crippen molar-refractivity contribution in [2.24, 2.45) is 5.92 Å². The summed E-state index contributed by atoms with van der Waals surface area (Å²) in [4.78, 5) is 11.4. The van der Waals surface area contributed by atoms with Gasteiger partial charge in [-0.25, -0.2) is 0 Å². The lowest BCUT2D eigenvalue weighted by atomic mass is 9.89. The number of amides is 1. The monoisotopic (exact) mass is 296 g/mol. The molecule has 2 unspecified atom stereocenters. The Morgan fingerprint density at radius 2 is 2.45 bits per heavy atom. The molecule has 0 spiro atoms. The highest BCUT2D eigenvalue weighted by atomic mass is 35.5. The van der Waals surface area contributed by atoms with Crippen LogP contribution in [0.5, 0.6) is 0 Å². The molecule has 110 valence electrons. The molecule has 2 N–H and O–H groups in total. The zero-order valence-electron chi connectivity index (χ0n) is 11.7. The van der Waals surface area contributed by atoms with Gasteiger partial charge in [0.25, 0.3) is 0 Å². The SMILES string of the molecule is CNC(=O)COC(c1cccc(Cl)c1)C1CCCNC1. The highest BCUT2D eigenvalue weighted by molar-refractivity contribution is 6.30. The summed E-state index contributed by atoms with van der Waals surface area (Å²) < 4.78 is 5.86. The van der Waals surface area contributed by atoms with Crippen LogP contribution >= 0.6 is 11.6 Å². The summed E-state index contributed by atoms with van der Waals surface area (Å²) in [5.41, 5.74) is 1.04. The standard InChI is InChI=1S/C15H21ClN2O2/c1-17-14(19)10-20-15(12-5-3-7-18-9-12)11-4-2-6-13(16)8-11/h2,4,6,8,12,15,18H,3,5,7,9-10H2,1H3,(H,17,19). The van der Waals surface area contributed by atoms with E-state index in [1.807, 2.05) is 24.3 Å². The summed E-state index contributed by atoms with van der Waals surface area (Å²) in [5.74, 6) is 0.257. The number of ether oxygens (including phenoxy) is 1. The summed E-state index contributed by atoms with van der Waals surface area (Å²) in [6.07, 6.45) is 2.13. The van der Waals surface area contributed by atoms with Gasteiger partial charge >= 0.3 is 0 Å². The number of nitrogens with one attached hydrogen (secondary N) is 2. The number of benzene rings is 1. The maximum Gasteiger partial charge on any atom is 0.245 e. The van der Waals surface area contributed by atoms with Crippen molar-refractivity contribution in [3.8, 4) is 0 Å². The number of hydrogen-bond donors (Lipinski definition) is 2. The Hall–Kier alpha value is -1.10. The summed E-state index contributed by atoms with van der Waals surface area (Å²) in [5, 5.41) is 6.66. The second-order valence-electron chi connectivity index (χ2n) is 5.07. The fraction of sp³-hybridized carbons (Fsp3) is 0.533. The van der Waals surface area contributed by atoms with Crippen molar-refractivity contribution in [1.82, 2.24) is 10.6 Å². The second-order valence-corrected chi connectivity index (χ2v) is 5.50. The quantitative estimate of drug-likeness (QED) is 0.875. The van der Waals surface area contributed by atoms with E-state index >= 15 is 0 Å². The molecule has 2 rings (SSSR count). The van der Waals surface area contributed by atoms with Gasteiger partial charge in [-0.05, 0) is 37.1 Å². The second kappa shape index (κ2) is 7.62. The minimum Gasteiger partial charge on any atom is -0.363 e. The largest absolute Gasteiger partial charge is 0.363 e. The van der Waals surface area contributed by atoms with E-state index in [2.05, 4.69) is 10.6 Å². The molecular formula is C15H21ClN2O2. The highest BCUT2D eigenvalue weighted by Crippen LogP contribution is 2.31. The number of piperidine rings is 1. The Morgan fingerprint density at radius 3 is 3.10 bits per heavy atom. The molecule has 1 aromatic rings. The molecule has 0 saturated carbocycles. The molecule has 1 fully saturated rings. The number of likely N-dealkylation sites (N-methyl/N-ethyl adjacent to an activating group) is 1. The molecule has 1 heterocycles. The molecule has 2 atom stereocenters. The molecule has 20 heavy (non-hydrogen) atoms. The first-order valence-corrected chi connectivity index (χ1v) is 7.37. The smallest absolute Gasteiger partial charge is 0.245 e. The maximum atomic E-state index is 11.4. The number of carbonyl (C=O) groups excluding carboxylic acids is 1. The minimum atomic E-state index is -0.110. The first-order chi connectivity index (χ1) is 9.70. The van der Waals surface area contributed by atoms with Gasteiger partial charge in [0, 0.05) is 24.5 Å². The topological polar surface area (TPSA) is 50.4 Å². The van der Waals surface area contributed by atoms with Gasteiger partial charge in [-0.1, -0.05) is 23.7 Å². The normalized spacial score (nSPS) is 20.4. The number of halogens is 1.